The van der Waals surface area contributed by atoms with Crippen LogP contribution in [0.3, 0.4) is 0 Å². The predicted molar refractivity (Wildman–Crippen MR) is 81.7 cm³/mol. The summed E-state index contributed by atoms with van der Waals surface area (Å²) >= 11 is 0. The average Bonchev–Trinajstić information content (AvgIpc) is 2.62. The summed E-state index contributed by atoms with van der Waals surface area (Å²) in [6.07, 6.45) is 2.90. The van der Waals surface area contributed by atoms with Crippen molar-refractivity contribution in [2.24, 2.45) is 0 Å². The fraction of sp³-hybridized carbons (Fsp3) is 0.278. The largest absolute Gasteiger partial charge is 0.486 e. The first-order valence-electron chi connectivity index (χ1n) is 7.39. The van der Waals surface area contributed by atoms with E-state index in [9.17, 15) is 9.18 Å². The lowest BCUT2D eigenvalue weighted by atomic mass is 9.96. The first kappa shape index (κ1) is 14.6. The van der Waals surface area contributed by atoms with Gasteiger partial charge in [-0.25, -0.2) is 4.39 Å². The fourth-order valence-electron chi connectivity index (χ4n) is 2.20. The molecule has 2 aromatic rings. The molecule has 22 heavy (non-hydrogen) atoms. The van der Waals surface area contributed by atoms with Crippen molar-refractivity contribution in [3.05, 3.63) is 70.1 Å². The van der Waals surface area contributed by atoms with Crippen LogP contribution in [0.2, 0.25) is 0 Å². The SMILES string of the molecule is O=c1c(OCc2ccccc2)ccc(F)cc1OC1CCC1. The molecule has 0 unspecified atom stereocenters. The molecular weight excluding hydrogens is 283 g/mol. The van der Waals surface area contributed by atoms with Gasteiger partial charge in [-0.3, -0.25) is 4.79 Å². The van der Waals surface area contributed by atoms with E-state index in [0.717, 1.165) is 30.9 Å². The van der Waals surface area contributed by atoms with E-state index in [1.807, 2.05) is 30.3 Å². The molecule has 1 aliphatic rings. The van der Waals surface area contributed by atoms with E-state index in [2.05, 4.69) is 0 Å². The molecule has 0 saturated heterocycles. The van der Waals surface area contributed by atoms with Crippen LogP contribution in [-0.4, -0.2) is 6.10 Å². The number of ether oxygens (including phenoxy) is 2. The van der Waals surface area contributed by atoms with Crippen LogP contribution in [-0.2, 0) is 6.61 Å². The summed E-state index contributed by atoms with van der Waals surface area (Å²) in [7, 11) is 0. The third-order valence-corrected chi connectivity index (χ3v) is 3.69. The molecule has 0 bridgehead atoms. The van der Waals surface area contributed by atoms with Crippen LogP contribution in [0.15, 0.2) is 53.3 Å². The maximum Gasteiger partial charge on any atom is 0.262 e. The lowest BCUT2D eigenvalue weighted by Crippen LogP contribution is -2.26. The third kappa shape index (κ3) is 3.45. The topological polar surface area (TPSA) is 35.5 Å². The van der Waals surface area contributed by atoms with Crippen molar-refractivity contribution in [2.75, 3.05) is 0 Å². The molecule has 0 heterocycles. The molecule has 0 atom stereocenters. The van der Waals surface area contributed by atoms with E-state index < -0.39 is 11.2 Å². The highest BCUT2D eigenvalue weighted by Gasteiger charge is 2.21. The number of rotatable bonds is 5. The van der Waals surface area contributed by atoms with Gasteiger partial charge in [-0.1, -0.05) is 30.3 Å². The van der Waals surface area contributed by atoms with Gasteiger partial charge in [-0.15, -0.1) is 0 Å². The van der Waals surface area contributed by atoms with Gasteiger partial charge in [-0.05, 0) is 37.0 Å². The Labute approximate surface area is 128 Å². The van der Waals surface area contributed by atoms with Gasteiger partial charge in [0.25, 0.3) is 5.43 Å². The van der Waals surface area contributed by atoms with Crippen molar-refractivity contribution in [3.8, 4) is 11.5 Å². The summed E-state index contributed by atoms with van der Waals surface area (Å²) < 4.78 is 24.8. The zero-order valence-electron chi connectivity index (χ0n) is 12.1. The van der Waals surface area contributed by atoms with Gasteiger partial charge in [-0.2, -0.15) is 0 Å². The smallest absolute Gasteiger partial charge is 0.262 e. The van der Waals surface area contributed by atoms with Crippen molar-refractivity contribution in [1.29, 1.82) is 0 Å². The van der Waals surface area contributed by atoms with Crippen molar-refractivity contribution >= 4 is 0 Å². The minimum Gasteiger partial charge on any atom is -0.486 e. The summed E-state index contributed by atoms with van der Waals surface area (Å²) in [5.74, 6) is -0.390. The Morgan fingerprint density at radius 2 is 1.82 bits per heavy atom. The summed E-state index contributed by atoms with van der Waals surface area (Å²) in [6, 6.07) is 13.2. The molecule has 1 aliphatic carbocycles. The number of benzene rings is 1. The second-order valence-electron chi connectivity index (χ2n) is 5.37. The monoisotopic (exact) mass is 300 g/mol. The van der Waals surface area contributed by atoms with Crippen LogP contribution in [0, 0.1) is 5.82 Å². The molecule has 0 N–H and O–H groups in total. The van der Waals surface area contributed by atoms with Crippen LogP contribution in [0.1, 0.15) is 24.8 Å². The van der Waals surface area contributed by atoms with Crippen LogP contribution in [0.5, 0.6) is 11.5 Å². The molecule has 0 aliphatic heterocycles. The van der Waals surface area contributed by atoms with Gasteiger partial charge < -0.3 is 9.47 Å². The Hall–Kier alpha value is -2.36. The molecule has 114 valence electrons. The standard InChI is InChI=1S/C18H17FO3/c19-14-9-10-16(21-12-13-5-2-1-3-6-13)18(20)17(11-14)22-15-7-4-8-15/h1-3,5-6,9-11,15H,4,7-8,12H2. The van der Waals surface area contributed by atoms with Crippen molar-refractivity contribution in [2.45, 2.75) is 32.0 Å². The summed E-state index contributed by atoms with van der Waals surface area (Å²) in [4.78, 5) is 12.4. The Bertz CT molecular complexity index is 696. The third-order valence-electron chi connectivity index (χ3n) is 3.69. The van der Waals surface area contributed by atoms with Crippen molar-refractivity contribution in [3.63, 3.8) is 0 Å². The van der Waals surface area contributed by atoms with E-state index in [1.54, 1.807) is 0 Å². The van der Waals surface area contributed by atoms with Crippen LogP contribution in [0.25, 0.3) is 0 Å². The molecule has 0 spiro atoms. The lowest BCUT2D eigenvalue weighted by molar-refractivity contribution is 0.118. The maximum absolute atomic E-state index is 13.6. The molecule has 1 fully saturated rings. The number of hydrogen-bond donors (Lipinski definition) is 0. The van der Waals surface area contributed by atoms with Gasteiger partial charge in [0.05, 0.1) is 6.10 Å². The molecule has 4 heteroatoms. The zero-order chi connectivity index (χ0) is 15.4. The highest BCUT2D eigenvalue weighted by Crippen LogP contribution is 2.24. The molecule has 0 radical (unpaired) electrons. The Balaban J connectivity index is 1.82. The Morgan fingerprint density at radius 1 is 1.05 bits per heavy atom. The van der Waals surface area contributed by atoms with E-state index in [-0.39, 0.29) is 24.2 Å². The van der Waals surface area contributed by atoms with Gasteiger partial charge in [0.2, 0.25) is 0 Å². The minimum atomic E-state index is -0.513. The number of hydrogen-bond acceptors (Lipinski definition) is 3. The van der Waals surface area contributed by atoms with E-state index in [0.29, 0.717) is 0 Å². The van der Waals surface area contributed by atoms with Gasteiger partial charge in [0.1, 0.15) is 12.4 Å². The molecular formula is C18H17FO3. The Morgan fingerprint density at radius 3 is 2.50 bits per heavy atom. The zero-order valence-corrected chi connectivity index (χ0v) is 12.1. The van der Waals surface area contributed by atoms with Crippen molar-refractivity contribution < 1.29 is 13.9 Å². The maximum atomic E-state index is 13.6. The summed E-state index contributed by atoms with van der Waals surface area (Å²) in [5, 5.41) is 0. The molecule has 0 amide bonds. The predicted octanol–water partition coefficient (Wildman–Crippen LogP) is 3.70. The number of halogens is 1. The minimum absolute atomic E-state index is 0.0106. The molecule has 2 aromatic carbocycles. The van der Waals surface area contributed by atoms with Gasteiger partial charge in [0, 0.05) is 6.07 Å². The first-order valence-corrected chi connectivity index (χ1v) is 7.39. The Kier molecular flexibility index (Phi) is 4.37. The van der Waals surface area contributed by atoms with Gasteiger partial charge in [0.15, 0.2) is 11.5 Å². The second kappa shape index (κ2) is 6.60. The molecule has 3 rings (SSSR count). The molecule has 1 saturated carbocycles. The molecule has 3 nitrogen and oxygen atoms in total. The van der Waals surface area contributed by atoms with E-state index in [1.165, 1.54) is 12.1 Å². The van der Waals surface area contributed by atoms with Gasteiger partial charge >= 0.3 is 0 Å². The summed E-state index contributed by atoms with van der Waals surface area (Å²) in [6.45, 7) is 0.255. The molecule has 0 aromatic heterocycles. The lowest BCUT2D eigenvalue weighted by Gasteiger charge is -2.25. The quantitative estimate of drug-likeness (QED) is 0.844. The highest BCUT2D eigenvalue weighted by atomic mass is 19.1. The van der Waals surface area contributed by atoms with Crippen LogP contribution < -0.4 is 14.9 Å². The van der Waals surface area contributed by atoms with Crippen LogP contribution >= 0.6 is 0 Å². The summed E-state index contributed by atoms with van der Waals surface area (Å²) in [5.41, 5.74) is 0.530. The van der Waals surface area contributed by atoms with Crippen molar-refractivity contribution in [1.82, 2.24) is 0 Å². The van der Waals surface area contributed by atoms with Crippen LogP contribution in [0.4, 0.5) is 4.39 Å². The first-order chi connectivity index (χ1) is 10.7. The average molecular weight is 300 g/mol. The second-order valence-corrected chi connectivity index (χ2v) is 5.37. The van der Waals surface area contributed by atoms with E-state index >= 15 is 0 Å². The highest BCUT2D eigenvalue weighted by molar-refractivity contribution is 5.32. The van der Waals surface area contributed by atoms with E-state index in [4.69, 9.17) is 9.47 Å². The fourth-order valence-corrected chi connectivity index (χ4v) is 2.20. The normalized spacial score (nSPS) is 14.2.